The Balaban J connectivity index is 2.02. The van der Waals surface area contributed by atoms with Crippen LogP contribution in [0.25, 0.3) is 0 Å². The summed E-state index contributed by atoms with van der Waals surface area (Å²) in [7, 11) is 0. The Morgan fingerprint density at radius 3 is 2.55 bits per heavy atom. The summed E-state index contributed by atoms with van der Waals surface area (Å²) >= 11 is 5.71. The van der Waals surface area contributed by atoms with E-state index in [0.717, 1.165) is 0 Å². The fourth-order valence-corrected chi connectivity index (χ4v) is 3.02. The second kappa shape index (κ2) is 5.68. The van der Waals surface area contributed by atoms with Crippen LogP contribution in [0.1, 0.15) is 22.6 Å². The van der Waals surface area contributed by atoms with Gasteiger partial charge in [-0.1, -0.05) is 54.6 Å². The normalized spacial score (nSPS) is 17.6. The average molecular weight is 286 g/mol. The Morgan fingerprint density at radius 2 is 1.80 bits per heavy atom. The molecule has 3 rings (SSSR count). The molecular weight excluding hydrogens is 270 g/mol. The van der Waals surface area contributed by atoms with Gasteiger partial charge in [-0.2, -0.15) is 0 Å². The van der Waals surface area contributed by atoms with E-state index < -0.39 is 0 Å². The molecule has 1 atom stereocenters. The van der Waals surface area contributed by atoms with Gasteiger partial charge in [0.1, 0.15) is 5.88 Å². The van der Waals surface area contributed by atoms with Crippen molar-refractivity contribution in [3.63, 3.8) is 0 Å². The third-order valence-corrected chi connectivity index (χ3v) is 4.09. The molecule has 0 saturated heterocycles. The van der Waals surface area contributed by atoms with Gasteiger partial charge in [0, 0.05) is 19.0 Å². The summed E-state index contributed by atoms with van der Waals surface area (Å²) in [5.41, 5.74) is 3.77. The van der Waals surface area contributed by atoms with Gasteiger partial charge in [0.15, 0.2) is 0 Å². The van der Waals surface area contributed by atoms with Crippen molar-refractivity contribution in [3.05, 3.63) is 71.3 Å². The first-order valence-electron chi connectivity index (χ1n) is 6.76. The van der Waals surface area contributed by atoms with E-state index in [9.17, 15) is 4.79 Å². The summed E-state index contributed by atoms with van der Waals surface area (Å²) in [6, 6.07) is 18.7. The van der Waals surface area contributed by atoms with Crippen molar-refractivity contribution in [2.45, 2.75) is 12.5 Å². The molecule has 2 aromatic rings. The number of carbonyl (C=O) groups excluding carboxylic acids is 1. The molecule has 2 aromatic carbocycles. The van der Waals surface area contributed by atoms with E-state index in [2.05, 4.69) is 30.3 Å². The number of amides is 1. The Labute approximate surface area is 124 Å². The third kappa shape index (κ3) is 2.44. The molecular formula is C17H16ClNO. The molecule has 0 radical (unpaired) electrons. The van der Waals surface area contributed by atoms with Crippen molar-refractivity contribution < 1.29 is 4.79 Å². The Kier molecular flexibility index (Phi) is 3.75. The molecule has 0 aromatic heterocycles. The fourth-order valence-electron chi connectivity index (χ4n) is 2.85. The first-order chi connectivity index (χ1) is 9.79. The minimum Gasteiger partial charge on any atom is -0.336 e. The lowest BCUT2D eigenvalue weighted by molar-refractivity contribution is -0.129. The lowest BCUT2D eigenvalue weighted by Gasteiger charge is -2.34. The second-order valence-corrected chi connectivity index (χ2v) is 5.34. The number of hydrogen-bond acceptors (Lipinski definition) is 1. The highest BCUT2D eigenvalue weighted by molar-refractivity contribution is 6.27. The van der Waals surface area contributed by atoms with Crippen LogP contribution < -0.4 is 0 Å². The van der Waals surface area contributed by atoms with Crippen LogP contribution in [0.4, 0.5) is 0 Å². The van der Waals surface area contributed by atoms with Gasteiger partial charge in [0.25, 0.3) is 0 Å². The predicted molar refractivity (Wildman–Crippen MR) is 80.9 cm³/mol. The standard InChI is InChI=1S/C17H16ClNO/c18-10-17(20)19-11-14-8-4-5-9-15(14)16(12-19)13-6-2-1-3-7-13/h1-9,16H,10-12H2. The van der Waals surface area contributed by atoms with Crippen LogP contribution in [0, 0.1) is 0 Å². The maximum Gasteiger partial charge on any atom is 0.237 e. The number of halogens is 1. The highest BCUT2D eigenvalue weighted by atomic mass is 35.5. The minimum atomic E-state index is 0.00195. The fraction of sp³-hybridized carbons (Fsp3) is 0.235. The zero-order chi connectivity index (χ0) is 13.9. The molecule has 102 valence electrons. The van der Waals surface area contributed by atoms with Gasteiger partial charge in [0.2, 0.25) is 5.91 Å². The molecule has 20 heavy (non-hydrogen) atoms. The minimum absolute atomic E-state index is 0.00195. The molecule has 0 saturated carbocycles. The van der Waals surface area contributed by atoms with Crippen molar-refractivity contribution in [1.82, 2.24) is 4.90 Å². The van der Waals surface area contributed by atoms with Gasteiger partial charge in [-0.3, -0.25) is 4.79 Å². The Hall–Kier alpha value is -1.80. The van der Waals surface area contributed by atoms with Crippen LogP contribution in [0.3, 0.4) is 0 Å². The molecule has 0 aliphatic carbocycles. The van der Waals surface area contributed by atoms with Crippen LogP contribution in [0.15, 0.2) is 54.6 Å². The molecule has 1 heterocycles. The van der Waals surface area contributed by atoms with Crippen molar-refractivity contribution in [3.8, 4) is 0 Å². The molecule has 2 nitrogen and oxygen atoms in total. The van der Waals surface area contributed by atoms with Crippen molar-refractivity contribution in [2.75, 3.05) is 12.4 Å². The molecule has 1 aliphatic rings. The van der Waals surface area contributed by atoms with Crippen LogP contribution in [-0.4, -0.2) is 23.2 Å². The number of carbonyl (C=O) groups is 1. The van der Waals surface area contributed by atoms with Gasteiger partial charge in [-0.15, -0.1) is 11.6 Å². The summed E-state index contributed by atoms with van der Waals surface area (Å²) < 4.78 is 0. The highest BCUT2D eigenvalue weighted by Gasteiger charge is 2.28. The zero-order valence-corrected chi connectivity index (χ0v) is 11.9. The Bertz CT molecular complexity index is 611. The summed E-state index contributed by atoms with van der Waals surface area (Å²) in [6.07, 6.45) is 0. The maximum atomic E-state index is 11.9. The van der Waals surface area contributed by atoms with E-state index in [-0.39, 0.29) is 17.7 Å². The predicted octanol–water partition coefficient (Wildman–Crippen LogP) is 3.40. The van der Waals surface area contributed by atoms with E-state index in [4.69, 9.17) is 11.6 Å². The van der Waals surface area contributed by atoms with Crippen molar-refractivity contribution in [2.24, 2.45) is 0 Å². The van der Waals surface area contributed by atoms with E-state index in [1.807, 2.05) is 29.2 Å². The molecule has 0 bridgehead atoms. The number of rotatable bonds is 2. The number of hydrogen-bond donors (Lipinski definition) is 0. The van der Waals surface area contributed by atoms with Gasteiger partial charge >= 0.3 is 0 Å². The molecule has 1 amide bonds. The average Bonchev–Trinajstić information content (AvgIpc) is 2.54. The van der Waals surface area contributed by atoms with Crippen LogP contribution in [0.2, 0.25) is 0 Å². The topological polar surface area (TPSA) is 20.3 Å². The van der Waals surface area contributed by atoms with E-state index in [0.29, 0.717) is 13.1 Å². The smallest absolute Gasteiger partial charge is 0.237 e. The van der Waals surface area contributed by atoms with E-state index >= 15 is 0 Å². The summed E-state index contributed by atoms with van der Waals surface area (Å²) in [4.78, 5) is 13.8. The summed E-state index contributed by atoms with van der Waals surface area (Å²) in [6.45, 7) is 1.36. The van der Waals surface area contributed by atoms with Gasteiger partial charge < -0.3 is 4.90 Å². The lowest BCUT2D eigenvalue weighted by atomic mass is 9.85. The highest BCUT2D eigenvalue weighted by Crippen LogP contribution is 2.33. The van der Waals surface area contributed by atoms with Gasteiger partial charge in [-0.05, 0) is 16.7 Å². The van der Waals surface area contributed by atoms with Gasteiger partial charge in [0.05, 0.1) is 0 Å². The van der Waals surface area contributed by atoms with Crippen molar-refractivity contribution >= 4 is 17.5 Å². The largest absolute Gasteiger partial charge is 0.336 e. The molecule has 0 N–H and O–H groups in total. The van der Waals surface area contributed by atoms with Gasteiger partial charge in [-0.25, -0.2) is 0 Å². The molecule has 0 spiro atoms. The third-order valence-electron chi connectivity index (χ3n) is 3.86. The number of fused-ring (bicyclic) bond motifs is 1. The molecule has 0 fully saturated rings. The summed E-state index contributed by atoms with van der Waals surface area (Å²) in [5.74, 6) is 0.277. The van der Waals surface area contributed by atoms with E-state index in [1.165, 1.54) is 16.7 Å². The van der Waals surface area contributed by atoms with Crippen LogP contribution in [0.5, 0.6) is 0 Å². The lowest BCUT2D eigenvalue weighted by Crippen LogP contribution is -2.39. The number of benzene rings is 2. The first-order valence-corrected chi connectivity index (χ1v) is 7.29. The maximum absolute atomic E-state index is 11.9. The molecule has 1 unspecified atom stereocenters. The van der Waals surface area contributed by atoms with Crippen LogP contribution in [-0.2, 0) is 11.3 Å². The molecule has 1 aliphatic heterocycles. The zero-order valence-electron chi connectivity index (χ0n) is 11.1. The van der Waals surface area contributed by atoms with Crippen LogP contribution >= 0.6 is 11.6 Å². The number of alkyl halides is 1. The quantitative estimate of drug-likeness (QED) is 0.775. The molecule has 3 heteroatoms. The van der Waals surface area contributed by atoms with Crippen molar-refractivity contribution in [1.29, 1.82) is 0 Å². The SMILES string of the molecule is O=C(CCl)N1Cc2ccccc2C(c2ccccc2)C1. The summed E-state index contributed by atoms with van der Waals surface area (Å²) in [5, 5.41) is 0. The monoisotopic (exact) mass is 285 g/mol. The van der Waals surface area contributed by atoms with E-state index in [1.54, 1.807) is 0 Å². The number of nitrogens with zero attached hydrogens (tertiary/aromatic N) is 1. The second-order valence-electron chi connectivity index (χ2n) is 5.07. The first kappa shape index (κ1) is 13.2. The Morgan fingerprint density at radius 1 is 1.10 bits per heavy atom.